The summed E-state index contributed by atoms with van der Waals surface area (Å²) >= 11 is 0. The molecule has 1 fully saturated rings. The van der Waals surface area contributed by atoms with Gasteiger partial charge in [-0.25, -0.2) is 0 Å². The number of benzene rings is 2. The van der Waals surface area contributed by atoms with Crippen molar-refractivity contribution in [3.8, 4) is 11.5 Å². The molecule has 2 atom stereocenters. The van der Waals surface area contributed by atoms with Crippen LogP contribution in [0.3, 0.4) is 0 Å². The van der Waals surface area contributed by atoms with Crippen molar-refractivity contribution in [1.82, 2.24) is 4.90 Å². The molecule has 1 aliphatic heterocycles. The van der Waals surface area contributed by atoms with E-state index in [0.29, 0.717) is 31.0 Å². The van der Waals surface area contributed by atoms with Gasteiger partial charge in [0.1, 0.15) is 0 Å². The molecule has 2 aromatic carbocycles. The Hall–Kier alpha value is -2.18. The van der Waals surface area contributed by atoms with Crippen LogP contribution in [-0.4, -0.2) is 37.2 Å². The molecule has 6 heteroatoms. The van der Waals surface area contributed by atoms with Crippen LogP contribution in [0.15, 0.2) is 48.5 Å². The van der Waals surface area contributed by atoms with Gasteiger partial charge in [-0.15, -0.1) is 0 Å². The summed E-state index contributed by atoms with van der Waals surface area (Å²) in [7, 11) is 0. The van der Waals surface area contributed by atoms with Gasteiger partial charge in [-0.1, -0.05) is 42.5 Å². The Labute approximate surface area is 152 Å². The first-order valence-electron chi connectivity index (χ1n) is 8.80. The van der Waals surface area contributed by atoms with Gasteiger partial charge >= 0.3 is 6.61 Å². The number of rotatable bonds is 7. The number of nitrogens with zero attached hydrogens (tertiary/aromatic N) is 1. The molecule has 4 nitrogen and oxygen atoms in total. The molecule has 2 N–H and O–H groups in total. The van der Waals surface area contributed by atoms with E-state index >= 15 is 0 Å². The summed E-state index contributed by atoms with van der Waals surface area (Å²) in [5.74, 6) is 0.681. The smallest absolute Gasteiger partial charge is 0.387 e. The van der Waals surface area contributed by atoms with Crippen LogP contribution in [0.4, 0.5) is 8.78 Å². The third kappa shape index (κ3) is 4.31. The highest BCUT2D eigenvalue weighted by molar-refractivity contribution is 5.46. The van der Waals surface area contributed by atoms with Crippen LogP contribution >= 0.6 is 0 Å². The first-order valence-corrected chi connectivity index (χ1v) is 8.80. The summed E-state index contributed by atoms with van der Waals surface area (Å²) in [6, 6.07) is 15.4. The lowest BCUT2D eigenvalue weighted by Crippen LogP contribution is -2.28. The van der Waals surface area contributed by atoms with E-state index in [2.05, 4.69) is 17.0 Å². The number of hydrogen-bond donors (Lipinski definition) is 1. The van der Waals surface area contributed by atoms with Crippen molar-refractivity contribution >= 4 is 0 Å². The van der Waals surface area contributed by atoms with E-state index < -0.39 is 6.61 Å². The average Bonchev–Trinajstić information content (AvgIpc) is 2.99. The molecule has 0 aromatic heterocycles. The molecule has 0 bridgehead atoms. The minimum atomic E-state index is -2.90. The molecular formula is C20H24F2N2O2. The number of ether oxygens (including phenoxy) is 2. The average molecular weight is 362 g/mol. The van der Waals surface area contributed by atoms with Crippen LogP contribution in [0, 0.1) is 0 Å². The van der Waals surface area contributed by atoms with Crippen molar-refractivity contribution < 1.29 is 18.3 Å². The number of alkyl halides is 2. The molecule has 1 aliphatic rings. The van der Waals surface area contributed by atoms with Gasteiger partial charge in [0.25, 0.3) is 0 Å². The molecule has 3 rings (SSSR count). The highest BCUT2D eigenvalue weighted by Crippen LogP contribution is 2.35. The monoisotopic (exact) mass is 362 g/mol. The maximum atomic E-state index is 12.9. The second-order valence-electron chi connectivity index (χ2n) is 6.43. The van der Waals surface area contributed by atoms with E-state index in [-0.39, 0.29) is 17.7 Å². The van der Waals surface area contributed by atoms with Gasteiger partial charge in [-0.3, -0.25) is 4.90 Å². The van der Waals surface area contributed by atoms with E-state index in [0.717, 1.165) is 6.54 Å². The number of para-hydroxylation sites is 1. The van der Waals surface area contributed by atoms with Crippen molar-refractivity contribution in [2.45, 2.75) is 32.0 Å². The van der Waals surface area contributed by atoms with E-state index in [1.807, 2.05) is 25.1 Å². The van der Waals surface area contributed by atoms with Gasteiger partial charge in [-0.05, 0) is 18.6 Å². The molecule has 26 heavy (non-hydrogen) atoms. The standard InChI is InChI=1S/C20H24F2N2O2/c1-2-25-18-10-6-9-15(19(18)26-20(21)22)11-24-12-16(17(23)13-24)14-7-4-3-5-8-14/h3-10,16-17,20H,2,11-13,23H2,1H3/t16-,17+/m0/s1. The lowest BCUT2D eigenvalue weighted by Gasteiger charge is -2.20. The highest BCUT2D eigenvalue weighted by Gasteiger charge is 2.31. The van der Waals surface area contributed by atoms with Crippen LogP contribution in [0.25, 0.3) is 0 Å². The SMILES string of the molecule is CCOc1cccc(CN2C[C@@H](N)[C@H](c3ccccc3)C2)c1OC(F)F. The Morgan fingerprint density at radius 1 is 1.12 bits per heavy atom. The molecule has 1 heterocycles. The van der Waals surface area contributed by atoms with Crippen molar-refractivity contribution in [1.29, 1.82) is 0 Å². The molecule has 0 unspecified atom stereocenters. The first kappa shape index (κ1) is 18.6. The molecule has 1 saturated heterocycles. The lowest BCUT2D eigenvalue weighted by molar-refractivity contribution is -0.0523. The Balaban J connectivity index is 1.77. The Kier molecular flexibility index (Phi) is 6.06. The summed E-state index contributed by atoms with van der Waals surface area (Å²) in [5.41, 5.74) is 8.22. The second-order valence-corrected chi connectivity index (χ2v) is 6.43. The minimum Gasteiger partial charge on any atom is -0.490 e. The van der Waals surface area contributed by atoms with Crippen molar-refractivity contribution in [3.05, 3.63) is 59.7 Å². The first-order chi connectivity index (χ1) is 12.6. The third-order valence-corrected chi connectivity index (χ3v) is 4.63. The van der Waals surface area contributed by atoms with Gasteiger partial charge < -0.3 is 15.2 Å². The third-order valence-electron chi connectivity index (χ3n) is 4.63. The van der Waals surface area contributed by atoms with E-state index in [1.54, 1.807) is 18.2 Å². The second kappa shape index (κ2) is 8.47. The molecule has 0 radical (unpaired) electrons. The number of likely N-dealkylation sites (tertiary alicyclic amines) is 1. The number of nitrogens with two attached hydrogens (primary N) is 1. The lowest BCUT2D eigenvalue weighted by atomic mass is 9.95. The van der Waals surface area contributed by atoms with Crippen molar-refractivity contribution in [2.24, 2.45) is 5.73 Å². The molecule has 0 saturated carbocycles. The number of hydrogen-bond acceptors (Lipinski definition) is 4. The molecule has 2 aromatic rings. The van der Waals surface area contributed by atoms with E-state index in [9.17, 15) is 8.78 Å². The van der Waals surface area contributed by atoms with Crippen LogP contribution in [0.2, 0.25) is 0 Å². The zero-order valence-corrected chi connectivity index (χ0v) is 14.8. The fourth-order valence-corrected chi connectivity index (χ4v) is 3.51. The van der Waals surface area contributed by atoms with Crippen LogP contribution in [0.5, 0.6) is 11.5 Å². The fourth-order valence-electron chi connectivity index (χ4n) is 3.51. The van der Waals surface area contributed by atoms with E-state index in [4.69, 9.17) is 15.2 Å². The largest absolute Gasteiger partial charge is 0.490 e. The van der Waals surface area contributed by atoms with Gasteiger partial charge in [0.05, 0.1) is 6.61 Å². The minimum absolute atomic E-state index is 0.00643. The maximum absolute atomic E-state index is 12.9. The quantitative estimate of drug-likeness (QED) is 0.817. The van der Waals surface area contributed by atoms with Crippen molar-refractivity contribution in [2.75, 3.05) is 19.7 Å². The topological polar surface area (TPSA) is 47.7 Å². The summed E-state index contributed by atoms with van der Waals surface area (Å²) in [6.45, 7) is 1.26. The van der Waals surface area contributed by atoms with Crippen LogP contribution < -0.4 is 15.2 Å². The van der Waals surface area contributed by atoms with Gasteiger partial charge in [0, 0.05) is 37.2 Å². The van der Waals surface area contributed by atoms with Gasteiger partial charge in [0.15, 0.2) is 11.5 Å². The summed E-state index contributed by atoms with van der Waals surface area (Å²) in [5, 5.41) is 0. The Morgan fingerprint density at radius 3 is 2.58 bits per heavy atom. The predicted molar refractivity (Wildman–Crippen MR) is 96.7 cm³/mol. The molecular weight excluding hydrogens is 338 g/mol. The summed E-state index contributed by atoms with van der Waals surface area (Å²) in [4.78, 5) is 2.17. The van der Waals surface area contributed by atoms with Gasteiger partial charge in [0.2, 0.25) is 0 Å². The summed E-state index contributed by atoms with van der Waals surface area (Å²) in [6.07, 6.45) is 0. The van der Waals surface area contributed by atoms with Crippen LogP contribution in [-0.2, 0) is 6.54 Å². The molecule has 0 aliphatic carbocycles. The zero-order chi connectivity index (χ0) is 18.5. The van der Waals surface area contributed by atoms with Gasteiger partial charge in [-0.2, -0.15) is 8.78 Å². The predicted octanol–water partition coefficient (Wildman–Crippen LogP) is 3.61. The number of halogens is 2. The highest BCUT2D eigenvalue weighted by atomic mass is 19.3. The van der Waals surface area contributed by atoms with Crippen molar-refractivity contribution in [3.63, 3.8) is 0 Å². The fraction of sp³-hybridized carbons (Fsp3) is 0.400. The Morgan fingerprint density at radius 2 is 1.88 bits per heavy atom. The molecule has 0 spiro atoms. The maximum Gasteiger partial charge on any atom is 0.387 e. The summed E-state index contributed by atoms with van der Waals surface area (Å²) < 4.78 is 36.0. The molecule has 140 valence electrons. The molecule has 0 amide bonds. The Bertz CT molecular complexity index is 712. The van der Waals surface area contributed by atoms with Crippen LogP contribution in [0.1, 0.15) is 24.0 Å². The van der Waals surface area contributed by atoms with E-state index in [1.165, 1.54) is 5.56 Å². The zero-order valence-electron chi connectivity index (χ0n) is 14.8. The normalized spacial score (nSPS) is 20.5.